The fourth-order valence-corrected chi connectivity index (χ4v) is 2.33. The summed E-state index contributed by atoms with van der Waals surface area (Å²) in [5.74, 6) is 0.0183. The first kappa shape index (κ1) is 12.3. The summed E-state index contributed by atoms with van der Waals surface area (Å²) in [7, 11) is 2.00. The molecular formula is C15H16N2O2. The van der Waals surface area contributed by atoms with Crippen molar-refractivity contribution in [1.29, 1.82) is 0 Å². The van der Waals surface area contributed by atoms with Crippen LogP contribution in [0.5, 0.6) is 0 Å². The maximum atomic E-state index is 12.4. The number of para-hydroxylation sites is 1. The third-order valence-electron chi connectivity index (χ3n) is 3.44. The van der Waals surface area contributed by atoms with Gasteiger partial charge in [0.2, 0.25) is 0 Å². The molecule has 0 N–H and O–H groups in total. The molecule has 1 aliphatic rings. The van der Waals surface area contributed by atoms with Crippen LogP contribution in [-0.4, -0.2) is 48.5 Å². The van der Waals surface area contributed by atoms with Crippen LogP contribution in [-0.2, 0) is 4.74 Å². The summed E-state index contributed by atoms with van der Waals surface area (Å²) in [6.45, 7) is 2.12. The Morgan fingerprint density at radius 3 is 3.11 bits per heavy atom. The number of carbonyl (C=O) groups is 1. The normalized spacial score (nSPS) is 20.6. The second kappa shape index (κ2) is 5.07. The molecule has 0 radical (unpaired) electrons. The van der Waals surface area contributed by atoms with Crippen molar-refractivity contribution in [2.75, 3.05) is 26.7 Å². The van der Waals surface area contributed by atoms with Gasteiger partial charge in [0.1, 0.15) is 6.10 Å². The van der Waals surface area contributed by atoms with Gasteiger partial charge in [0.05, 0.1) is 12.1 Å². The number of Topliss-reactive ketones (excluding diaryl/α,β-unsaturated/α-hetero) is 1. The summed E-state index contributed by atoms with van der Waals surface area (Å²) in [6, 6.07) is 9.68. The number of ketones is 1. The van der Waals surface area contributed by atoms with Gasteiger partial charge in [0.15, 0.2) is 5.78 Å². The first-order valence-corrected chi connectivity index (χ1v) is 6.43. The monoisotopic (exact) mass is 256 g/mol. The molecule has 0 bridgehead atoms. The minimum Gasteiger partial charge on any atom is -0.367 e. The number of fused-ring (bicyclic) bond motifs is 1. The van der Waals surface area contributed by atoms with Crippen molar-refractivity contribution in [3.63, 3.8) is 0 Å². The second-order valence-electron chi connectivity index (χ2n) is 4.90. The van der Waals surface area contributed by atoms with Gasteiger partial charge < -0.3 is 9.64 Å². The fourth-order valence-electron chi connectivity index (χ4n) is 2.33. The zero-order chi connectivity index (χ0) is 13.2. The number of nitrogens with zero attached hydrogens (tertiary/aromatic N) is 2. The van der Waals surface area contributed by atoms with Crippen LogP contribution in [0.1, 0.15) is 10.4 Å². The molecule has 98 valence electrons. The van der Waals surface area contributed by atoms with Crippen LogP contribution in [0.2, 0.25) is 0 Å². The number of pyridine rings is 1. The highest BCUT2D eigenvalue weighted by Crippen LogP contribution is 2.16. The number of rotatable bonds is 2. The van der Waals surface area contributed by atoms with Gasteiger partial charge >= 0.3 is 0 Å². The van der Waals surface area contributed by atoms with Gasteiger partial charge in [-0.15, -0.1) is 0 Å². The van der Waals surface area contributed by atoms with E-state index in [1.54, 1.807) is 6.20 Å². The van der Waals surface area contributed by atoms with Gasteiger partial charge in [-0.05, 0) is 19.2 Å². The van der Waals surface area contributed by atoms with Crippen molar-refractivity contribution in [3.8, 4) is 0 Å². The highest BCUT2D eigenvalue weighted by Gasteiger charge is 2.26. The Kier molecular flexibility index (Phi) is 3.27. The van der Waals surface area contributed by atoms with Gasteiger partial charge in [-0.25, -0.2) is 0 Å². The number of carbonyl (C=O) groups excluding carboxylic acids is 1. The molecule has 0 aliphatic carbocycles. The SMILES string of the molecule is CN1CCOC(C(=O)c2cnc3ccccc3c2)C1. The smallest absolute Gasteiger partial charge is 0.194 e. The summed E-state index contributed by atoms with van der Waals surface area (Å²) >= 11 is 0. The third-order valence-corrected chi connectivity index (χ3v) is 3.44. The molecule has 1 aliphatic heterocycles. The van der Waals surface area contributed by atoms with Crippen LogP contribution in [0.15, 0.2) is 36.5 Å². The van der Waals surface area contributed by atoms with E-state index in [0.29, 0.717) is 18.7 Å². The molecular weight excluding hydrogens is 240 g/mol. The van der Waals surface area contributed by atoms with Crippen LogP contribution in [0.4, 0.5) is 0 Å². The van der Waals surface area contributed by atoms with Gasteiger partial charge in [0, 0.05) is 30.2 Å². The van der Waals surface area contributed by atoms with E-state index in [4.69, 9.17) is 4.74 Å². The van der Waals surface area contributed by atoms with Gasteiger partial charge in [-0.2, -0.15) is 0 Å². The minimum absolute atomic E-state index is 0.0183. The number of hydrogen-bond acceptors (Lipinski definition) is 4. The first-order chi connectivity index (χ1) is 9.24. The molecule has 3 rings (SSSR count). The Labute approximate surface area is 112 Å². The molecule has 4 nitrogen and oxygen atoms in total. The largest absolute Gasteiger partial charge is 0.367 e. The van der Waals surface area contributed by atoms with E-state index >= 15 is 0 Å². The summed E-state index contributed by atoms with van der Waals surface area (Å²) in [6.07, 6.45) is 1.27. The van der Waals surface area contributed by atoms with Gasteiger partial charge in [-0.3, -0.25) is 9.78 Å². The number of morpholine rings is 1. The van der Waals surface area contributed by atoms with E-state index in [1.807, 2.05) is 37.4 Å². The average molecular weight is 256 g/mol. The van der Waals surface area contributed by atoms with Crippen LogP contribution in [0.3, 0.4) is 0 Å². The van der Waals surface area contributed by atoms with E-state index in [-0.39, 0.29) is 11.9 Å². The predicted octanol–water partition coefficient (Wildman–Crippen LogP) is 1.75. The molecule has 0 saturated carbocycles. The van der Waals surface area contributed by atoms with Crippen molar-refractivity contribution in [1.82, 2.24) is 9.88 Å². The molecule has 1 aromatic heterocycles. The molecule has 1 unspecified atom stereocenters. The lowest BCUT2D eigenvalue weighted by molar-refractivity contribution is -0.00863. The molecule has 19 heavy (non-hydrogen) atoms. The quantitative estimate of drug-likeness (QED) is 0.768. The lowest BCUT2D eigenvalue weighted by Crippen LogP contribution is -2.44. The zero-order valence-electron chi connectivity index (χ0n) is 10.9. The van der Waals surface area contributed by atoms with Gasteiger partial charge in [-0.1, -0.05) is 18.2 Å². The van der Waals surface area contributed by atoms with E-state index in [1.165, 1.54) is 0 Å². The summed E-state index contributed by atoms with van der Waals surface area (Å²) in [5, 5.41) is 0.984. The number of ether oxygens (including phenoxy) is 1. The number of aromatic nitrogens is 1. The summed E-state index contributed by atoms with van der Waals surface area (Å²) in [4.78, 5) is 18.8. The Balaban J connectivity index is 1.88. The molecule has 4 heteroatoms. The Morgan fingerprint density at radius 1 is 1.42 bits per heavy atom. The molecule has 1 aromatic carbocycles. The lowest BCUT2D eigenvalue weighted by Gasteiger charge is -2.29. The third kappa shape index (κ3) is 2.50. The molecule has 2 aromatic rings. The molecule has 1 atom stereocenters. The van der Waals surface area contributed by atoms with E-state index in [0.717, 1.165) is 17.4 Å². The van der Waals surface area contributed by atoms with Crippen LogP contribution < -0.4 is 0 Å². The van der Waals surface area contributed by atoms with Crippen LogP contribution in [0, 0.1) is 0 Å². The summed E-state index contributed by atoms with van der Waals surface area (Å²) < 4.78 is 5.56. The highest BCUT2D eigenvalue weighted by molar-refractivity contribution is 6.01. The topological polar surface area (TPSA) is 42.4 Å². The molecule has 0 spiro atoms. The maximum Gasteiger partial charge on any atom is 0.194 e. The molecule has 1 fully saturated rings. The van der Waals surface area contributed by atoms with Crippen molar-refractivity contribution < 1.29 is 9.53 Å². The number of hydrogen-bond donors (Lipinski definition) is 0. The van der Waals surface area contributed by atoms with E-state index in [9.17, 15) is 4.79 Å². The van der Waals surface area contributed by atoms with Crippen molar-refractivity contribution in [2.45, 2.75) is 6.10 Å². The summed E-state index contributed by atoms with van der Waals surface area (Å²) in [5.41, 5.74) is 1.53. The standard InChI is InChI=1S/C15H16N2O2/c1-17-6-7-19-14(10-17)15(18)12-8-11-4-2-3-5-13(11)16-9-12/h2-5,8-9,14H,6-7,10H2,1H3. The molecule has 2 heterocycles. The number of likely N-dealkylation sites (N-methyl/N-ethyl adjacent to an activating group) is 1. The predicted molar refractivity (Wildman–Crippen MR) is 73.3 cm³/mol. The van der Waals surface area contributed by atoms with Crippen LogP contribution in [0.25, 0.3) is 10.9 Å². The lowest BCUT2D eigenvalue weighted by atomic mass is 10.0. The molecule has 1 saturated heterocycles. The van der Waals surface area contributed by atoms with Crippen molar-refractivity contribution in [2.24, 2.45) is 0 Å². The van der Waals surface area contributed by atoms with E-state index < -0.39 is 0 Å². The Morgan fingerprint density at radius 2 is 2.26 bits per heavy atom. The highest BCUT2D eigenvalue weighted by atomic mass is 16.5. The minimum atomic E-state index is -0.373. The average Bonchev–Trinajstić information content (AvgIpc) is 2.46. The zero-order valence-corrected chi connectivity index (χ0v) is 10.9. The Hall–Kier alpha value is -1.78. The first-order valence-electron chi connectivity index (χ1n) is 6.43. The second-order valence-corrected chi connectivity index (χ2v) is 4.90. The maximum absolute atomic E-state index is 12.4. The number of benzene rings is 1. The van der Waals surface area contributed by atoms with Crippen LogP contribution >= 0.6 is 0 Å². The molecule has 0 amide bonds. The van der Waals surface area contributed by atoms with E-state index in [2.05, 4.69) is 9.88 Å². The Bertz CT molecular complexity index is 612. The van der Waals surface area contributed by atoms with Crippen molar-refractivity contribution in [3.05, 3.63) is 42.1 Å². The van der Waals surface area contributed by atoms with Gasteiger partial charge in [0.25, 0.3) is 0 Å². The fraction of sp³-hybridized carbons (Fsp3) is 0.333. The van der Waals surface area contributed by atoms with Crippen molar-refractivity contribution >= 4 is 16.7 Å².